The van der Waals surface area contributed by atoms with Gasteiger partial charge in [-0.3, -0.25) is 4.79 Å². The van der Waals surface area contributed by atoms with Crippen LogP contribution < -0.4 is 20.7 Å². The van der Waals surface area contributed by atoms with E-state index in [1.165, 1.54) is 11.1 Å². The van der Waals surface area contributed by atoms with Crippen molar-refractivity contribution in [2.75, 3.05) is 26.7 Å². The van der Waals surface area contributed by atoms with Crippen LogP contribution in [-0.2, 0) is 11.3 Å². The zero-order valence-electron chi connectivity index (χ0n) is 17.8. The first-order chi connectivity index (χ1) is 14.0. The molecular formula is C23H32N4O2. The maximum absolute atomic E-state index is 12.1. The van der Waals surface area contributed by atoms with Gasteiger partial charge in [0.1, 0.15) is 12.3 Å². The summed E-state index contributed by atoms with van der Waals surface area (Å²) in [5, 5.41) is 9.39. The van der Waals surface area contributed by atoms with E-state index in [1.807, 2.05) is 31.2 Å². The molecule has 0 radical (unpaired) electrons. The zero-order chi connectivity index (χ0) is 21.1. The highest BCUT2D eigenvalue weighted by Gasteiger charge is 2.07. The molecule has 3 N–H and O–H groups in total. The van der Waals surface area contributed by atoms with Crippen LogP contribution in [0.1, 0.15) is 36.5 Å². The van der Waals surface area contributed by atoms with E-state index in [2.05, 4.69) is 59.1 Å². The Bertz CT molecular complexity index is 786. The molecule has 1 unspecified atom stereocenters. The summed E-state index contributed by atoms with van der Waals surface area (Å²) in [6, 6.07) is 16.2. The average Bonchev–Trinajstić information content (AvgIpc) is 2.74. The minimum atomic E-state index is -0.121. The lowest BCUT2D eigenvalue weighted by Crippen LogP contribution is -2.40. The second-order valence-corrected chi connectivity index (χ2v) is 7.01. The molecule has 2 rings (SSSR count). The Morgan fingerprint density at radius 2 is 1.72 bits per heavy atom. The van der Waals surface area contributed by atoms with Gasteiger partial charge in [-0.05, 0) is 43.0 Å². The predicted molar refractivity (Wildman–Crippen MR) is 118 cm³/mol. The highest BCUT2D eigenvalue weighted by atomic mass is 16.5. The van der Waals surface area contributed by atoms with Gasteiger partial charge in [-0.1, -0.05) is 48.9 Å². The first-order valence-corrected chi connectivity index (χ1v) is 10.00. The number of hydrogen-bond donors (Lipinski definition) is 3. The summed E-state index contributed by atoms with van der Waals surface area (Å²) in [5.74, 6) is 1.66. The number of nitrogens with one attached hydrogen (secondary N) is 3. The van der Waals surface area contributed by atoms with Gasteiger partial charge < -0.3 is 20.7 Å². The van der Waals surface area contributed by atoms with Crippen molar-refractivity contribution in [2.45, 2.75) is 33.2 Å². The van der Waals surface area contributed by atoms with E-state index in [0.717, 1.165) is 24.4 Å². The zero-order valence-corrected chi connectivity index (χ0v) is 17.8. The Labute approximate surface area is 173 Å². The summed E-state index contributed by atoms with van der Waals surface area (Å²) in [6.45, 7) is 8.27. The van der Waals surface area contributed by atoms with Gasteiger partial charge in [-0.25, -0.2) is 4.99 Å². The summed E-state index contributed by atoms with van der Waals surface area (Å²) in [5.41, 5.74) is 3.54. The molecule has 29 heavy (non-hydrogen) atoms. The van der Waals surface area contributed by atoms with Gasteiger partial charge in [0.15, 0.2) is 5.96 Å². The second kappa shape index (κ2) is 11.7. The lowest BCUT2D eigenvalue weighted by molar-refractivity contribution is -0.119. The highest BCUT2D eigenvalue weighted by molar-refractivity contribution is 5.84. The molecule has 0 aliphatic carbocycles. The van der Waals surface area contributed by atoms with E-state index in [0.29, 0.717) is 18.4 Å². The molecule has 0 aromatic heterocycles. The number of aryl methyl sites for hydroxylation is 1. The fourth-order valence-corrected chi connectivity index (χ4v) is 2.76. The van der Waals surface area contributed by atoms with Gasteiger partial charge in [0.2, 0.25) is 5.91 Å². The number of methoxy groups -OCH3 is 1. The number of guanidine groups is 1. The van der Waals surface area contributed by atoms with Crippen LogP contribution in [0.2, 0.25) is 0 Å². The molecule has 0 saturated carbocycles. The third-order valence-electron chi connectivity index (χ3n) is 4.60. The molecule has 6 nitrogen and oxygen atoms in total. The van der Waals surface area contributed by atoms with Crippen LogP contribution in [0.25, 0.3) is 0 Å². The molecule has 2 aromatic rings. The standard InChI is InChI=1S/C23H32N4O2/c1-5-24-23(26-14-18(3)20-10-6-17(2)7-11-20)27-16-22(28)25-15-19-8-12-21(29-4)13-9-19/h6-13,18H,5,14-16H2,1-4H3,(H,25,28)(H2,24,26,27). The molecule has 0 bridgehead atoms. The molecule has 0 saturated heterocycles. The van der Waals surface area contributed by atoms with Crippen LogP contribution in [0.3, 0.4) is 0 Å². The third-order valence-corrected chi connectivity index (χ3v) is 4.60. The van der Waals surface area contributed by atoms with Crippen molar-refractivity contribution in [1.29, 1.82) is 0 Å². The van der Waals surface area contributed by atoms with E-state index in [1.54, 1.807) is 7.11 Å². The van der Waals surface area contributed by atoms with E-state index in [9.17, 15) is 4.79 Å². The van der Waals surface area contributed by atoms with Gasteiger partial charge in [-0.15, -0.1) is 0 Å². The summed E-state index contributed by atoms with van der Waals surface area (Å²) < 4.78 is 5.14. The monoisotopic (exact) mass is 396 g/mol. The van der Waals surface area contributed by atoms with Crippen LogP contribution in [0.4, 0.5) is 0 Å². The fourth-order valence-electron chi connectivity index (χ4n) is 2.76. The Morgan fingerprint density at radius 3 is 2.34 bits per heavy atom. The number of amides is 1. The molecule has 2 aromatic carbocycles. The number of benzene rings is 2. The van der Waals surface area contributed by atoms with Crippen LogP contribution in [0.15, 0.2) is 53.5 Å². The quantitative estimate of drug-likeness (QED) is 0.450. The maximum atomic E-state index is 12.1. The topological polar surface area (TPSA) is 74.8 Å². The van der Waals surface area contributed by atoms with Crippen LogP contribution in [0, 0.1) is 6.92 Å². The molecule has 1 amide bonds. The Morgan fingerprint density at radius 1 is 1.03 bits per heavy atom. The van der Waals surface area contributed by atoms with Crippen LogP contribution >= 0.6 is 0 Å². The molecule has 0 fully saturated rings. The molecule has 0 heterocycles. The van der Waals surface area contributed by atoms with Gasteiger partial charge in [0.05, 0.1) is 7.11 Å². The summed E-state index contributed by atoms with van der Waals surface area (Å²) in [4.78, 5) is 16.5. The lowest BCUT2D eigenvalue weighted by atomic mass is 10.0. The molecule has 0 aliphatic heterocycles. The van der Waals surface area contributed by atoms with Gasteiger partial charge >= 0.3 is 0 Å². The van der Waals surface area contributed by atoms with Crippen LogP contribution in [-0.4, -0.2) is 38.6 Å². The molecule has 6 heteroatoms. The van der Waals surface area contributed by atoms with Crippen molar-refractivity contribution < 1.29 is 9.53 Å². The molecule has 156 valence electrons. The number of carbonyl (C=O) groups excluding carboxylic acids is 1. The van der Waals surface area contributed by atoms with E-state index < -0.39 is 0 Å². The average molecular weight is 397 g/mol. The van der Waals surface area contributed by atoms with Crippen molar-refractivity contribution in [1.82, 2.24) is 16.0 Å². The Hall–Kier alpha value is -3.02. The van der Waals surface area contributed by atoms with E-state index >= 15 is 0 Å². The van der Waals surface area contributed by atoms with Crippen molar-refractivity contribution in [3.05, 3.63) is 65.2 Å². The van der Waals surface area contributed by atoms with Crippen LogP contribution in [0.5, 0.6) is 5.75 Å². The Kier molecular flexibility index (Phi) is 9.02. The van der Waals surface area contributed by atoms with Crippen molar-refractivity contribution in [3.8, 4) is 5.75 Å². The first-order valence-electron chi connectivity index (χ1n) is 10.00. The number of aliphatic imine (C=N–C) groups is 1. The molecule has 0 aliphatic rings. The number of ether oxygens (including phenoxy) is 1. The third kappa shape index (κ3) is 7.86. The van der Waals surface area contributed by atoms with Gasteiger partial charge in [0, 0.05) is 19.6 Å². The minimum Gasteiger partial charge on any atom is -0.497 e. The SMILES string of the molecule is CCNC(=NCC(=O)NCc1ccc(OC)cc1)NCC(C)c1ccc(C)cc1. The summed E-state index contributed by atoms with van der Waals surface area (Å²) >= 11 is 0. The van der Waals surface area contributed by atoms with Crippen molar-refractivity contribution >= 4 is 11.9 Å². The Balaban J connectivity index is 1.81. The first kappa shape index (κ1) is 22.3. The lowest BCUT2D eigenvalue weighted by Gasteiger charge is -2.16. The van der Waals surface area contributed by atoms with Crippen molar-refractivity contribution in [3.63, 3.8) is 0 Å². The minimum absolute atomic E-state index is 0.0738. The highest BCUT2D eigenvalue weighted by Crippen LogP contribution is 2.14. The van der Waals surface area contributed by atoms with Crippen molar-refractivity contribution in [2.24, 2.45) is 4.99 Å². The van der Waals surface area contributed by atoms with Gasteiger partial charge in [0.25, 0.3) is 0 Å². The largest absolute Gasteiger partial charge is 0.497 e. The molecule has 0 spiro atoms. The number of hydrogen-bond acceptors (Lipinski definition) is 3. The van der Waals surface area contributed by atoms with E-state index in [4.69, 9.17) is 4.74 Å². The summed E-state index contributed by atoms with van der Waals surface area (Å²) in [7, 11) is 1.63. The fraction of sp³-hybridized carbons (Fsp3) is 0.391. The molecule has 1 atom stereocenters. The number of nitrogens with zero attached hydrogens (tertiary/aromatic N) is 1. The molecular weight excluding hydrogens is 364 g/mol. The second-order valence-electron chi connectivity index (χ2n) is 7.01. The maximum Gasteiger partial charge on any atom is 0.242 e. The number of rotatable bonds is 9. The number of carbonyl (C=O) groups is 1. The predicted octanol–water partition coefficient (Wildman–Crippen LogP) is 2.98. The van der Waals surface area contributed by atoms with Gasteiger partial charge in [-0.2, -0.15) is 0 Å². The van der Waals surface area contributed by atoms with E-state index in [-0.39, 0.29) is 12.5 Å². The normalized spacial score (nSPS) is 12.2. The smallest absolute Gasteiger partial charge is 0.242 e. The summed E-state index contributed by atoms with van der Waals surface area (Å²) in [6.07, 6.45) is 0.